The first-order chi connectivity index (χ1) is 8.38. The van der Waals surface area contributed by atoms with Crippen molar-refractivity contribution in [2.45, 2.75) is 6.92 Å². The number of nitrogens with zero attached hydrogens (tertiary/aromatic N) is 3. The molecule has 0 radical (unpaired) electrons. The number of aromatic nitrogens is 4. The number of H-pyrrole nitrogens is 1. The van der Waals surface area contributed by atoms with Crippen molar-refractivity contribution in [2.75, 3.05) is 6.61 Å². The maximum Gasteiger partial charge on any atom is 0.234 e. The van der Waals surface area contributed by atoms with Crippen LogP contribution in [-0.4, -0.2) is 26.4 Å². The second kappa shape index (κ2) is 3.93. The van der Waals surface area contributed by atoms with Gasteiger partial charge in [0.15, 0.2) is 0 Å². The maximum atomic E-state index is 5.32. The number of rotatable bonds is 3. The molecule has 86 valence electrons. The zero-order valence-electron chi connectivity index (χ0n) is 9.42. The Labute approximate surface area is 98.0 Å². The van der Waals surface area contributed by atoms with Crippen molar-refractivity contribution in [3.05, 3.63) is 36.7 Å². The minimum atomic E-state index is 0.597. The molecule has 0 atom stereocenters. The van der Waals surface area contributed by atoms with Gasteiger partial charge in [0.05, 0.1) is 17.6 Å². The Morgan fingerprint density at radius 1 is 1.35 bits per heavy atom. The molecular formula is C12H12N4O. The lowest BCUT2D eigenvalue weighted by Crippen LogP contribution is -1.91. The molecule has 1 aromatic carbocycles. The molecule has 0 saturated carbocycles. The van der Waals surface area contributed by atoms with E-state index >= 15 is 0 Å². The molecule has 0 saturated heterocycles. The number of para-hydroxylation sites is 2. The summed E-state index contributed by atoms with van der Waals surface area (Å²) in [6, 6.07) is 9.81. The zero-order chi connectivity index (χ0) is 11.7. The van der Waals surface area contributed by atoms with Gasteiger partial charge in [-0.1, -0.05) is 12.1 Å². The van der Waals surface area contributed by atoms with Crippen LogP contribution in [0.15, 0.2) is 36.7 Å². The smallest absolute Gasteiger partial charge is 0.234 e. The highest BCUT2D eigenvalue weighted by Crippen LogP contribution is 2.18. The third-order valence-electron chi connectivity index (χ3n) is 2.55. The summed E-state index contributed by atoms with van der Waals surface area (Å²) in [5, 5.41) is 7.01. The molecule has 0 fully saturated rings. The lowest BCUT2D eigenvalue weighted by Gasteiger charge is -1.98. The molecule has 2 aromatic heterocycles. The molecule has 17 heavy (non-hydrogen) atoms. The minimum Gasteiger partial charge on any atom is -0.477 e. The van der Waals surface area contributed by atoms with Crippen LogP contribution in [0, 0.1) is 0 Å². The largest absolute Gasteiger partial charge is 0.477 e. The monoisotopic (exact) mass is 228 g/mol. The highest BCUT2D eigenvalue weighted by molar-refractivity contribution is 5.76. The van der Waals surface area contributed by atoms with Crippen LogP contribution in [0.1, 0.15) is 6.92 Å². The minimum absolute atomic E-state index is 0.597. The van der Waals surface area contributed by atoms with Gasteiger partial charge < -0.3 is 4.74 Å². The predicted octanol–water partition coefficient (Wildman–Crippen LogP) is 2.15. The maximum absolute atomic E-state index is 5.32. The zero-order valence-corrected chi connectivity index (χ0v) is 9.42. The predicted molar refractivity (Wildman–Crippen MR) is 64.4 cm³/mol. The molecule has 3 rings (SSSR count). The SMILES string of the molecule is CCOc1cc(-n2cnc3ccccc32)[nH]n1. The summed E-state index contributed by atoms with van der Waals surface area (Å²) in [5.41, 5.74) is 2.00. The molecule has 0 aliphatic heterocycles. The average molecular weight is 228 g/mol. The van der Waals surface area contributed by atoms with Gasteiger partial charge in [0.25, 0.3) is 0 Å². The summed E-state index contributed by atoms with van der Waals surface area (Å²) < 4.78 is 7.27. The van der Waals surface area contributed by atoms with Crippen molar-refractivity contribution in [2.24, 2.45) is 0 Å². The molecule has 0 amide bonds. The molecule has 5 nitrogen and oxygen atoms in total. The molecule has 0 unspecified atom stereocenters. The topological polar surface area (TPSA) is 55.7 Å². The fraction of sp³-hybridized carbons (Fsp3) is 0.167. The van der Waals surface area contributed by atoms with Gasteiger partial charge in [0.1, 0.15) is 12.1 Å². The second-order valence-corrected chi connectivity index (χ2v) is 3.63. The number of ether oxygens (including phenoxy) is 1. The lowest BCUT2D eigenvalue weighted by molar-refractivity contribution is 0.326. The Morgan fingerprint density at radius 3 is 3.12 bits per heavy atom. The van der Waals surface area contributed by atoms with Crippen molar-refractivity contribution in [3.63, 3.8) is 0 Å². The van der Waals surface area contributed by atoms with E-state index in [-0.39, 0.29) is 0 Å². The van der Waals surface area contributed by atoms with Gasteiger partial charge in [-0.05, 0) is 19.1 Å². The van der Waals surface area contributed by atoms with Crippen LogP contribution >= 0.6 is 0 Å². The summed E-state index contributed by atoms with van der Waals surface area (Å²) in [6.07, 6.45) is 1.77. The van der Waals surface area contributed by atoms with E-state index in [0.29, 0.717) is 12.5 Å². The van der Waals surface area contributed by atoms with Crippen LogP contribution in [0.3, 0.4) is 0 Å². The average Bonchev–Trinajstić information content (AvgIpc) is 2.95. The number of imidazole rings is 1. The van der Waals surface area contributed by atoms with E-state index in [9.17, 15) is 0 Å². The lowest BCUT2D eigenvalue weighted by atomic mass is 10.3. The Hall–Kier alpha value is -2.30. The van der Waals surface area contributed by atoms with Crippen molar-refractivity contribution >= 4 is 11.0 Å². The highest BCUT2D eigenvalue weighted by atomic mass is 16.5. The van der Waals surface area contributed by atoms with Crippen molar-refractivity contribution < 1.29 is 4.74 Å². The molecule has 1 N–H and O–H groups in total. The number of hydrogen-bond donors (Lipinski definition) is 1. The van der Waals surface area contributed by atoms with Crippen molar-refractivity contribution in [1.82, 2.24) is 19.7 Å². The fourth-order valence-electron chi connectivity index (χ4n) is 1.79. The number of benzene rings is 1. The summed E-state index contributed by atoms with van der Waals surface area (Å²) in [5.74, 6) is 1.45. The van der Waals surface area contributed by atoms with Crippen molar-refractivity contribution in [3.8, 4) is 11.7 Å². The molecule has 2 heterocycles. The van der Waals surface area contributed by atoms with Crippen LogP contribution in [0.25, 0.3) is 16.9 Å². The van der Waals surface area contributed by atoms with Gasteiger partial charge in [0.2, 0.25) is 5.88 Å². The van der Waals surface area contributed by atoms with E-state index in [0.717, 1.165) is 16.9 Å². The van der Waals surface area contributed by atoms with Gasteiger partial charge in [-0.2, -0.15) is 0 Å². The van der Waals surface area contributed by atoms with Crippen LogP contribution < -0.4 is 4.74 Å². The molecule has 5 heteroatoms. The Balaban J connectivity index is 2.07. The molecule has 3 aromatic rings. The van der Waals surface area contributed by atoms with Gasteiger partial charge in [-0.25, -0.2) is 4.98 Å². The number of fused-ring (bicyclic) bond motifs is 1. The number of hydrogen-bond acceptors (Lipinski definition) is 3. The van der Waals surface area contributed by atoms with Crippen LogP contribution in [0.2, 0.25) is 0 Å². The van der Waals surface area contributed by atoms with Crippen LogP contribution in [0.5, 0.6) is 5.88 Å². The van der Waals surface area contributed by atoms with Gasteiger partial charge in [0, 0.05) is 6.07 Å². The quantitative estimate of drug-likeness (QED) is 0.747. The highest BCUT2D eigenvalue weighted by Gasteiger charge is 2.07. The number of nitrogens with one attached hydrogen (secondary N) is 1. The third kappa shape index (κ3) is 1.65. The van der Waals surface area contributed by atoms with E-state index in [1.54, 1.807) is 6.33 Å². The van der Waals surface area contributed by atoms with E-state index < -0.39 is 0 Å². The molecule has 0 bridgehead atoms. The van der Waals surface area contributed by atoms with E-state index in [4.69, 9.17) is 4.74 Å². The Morgan fingerprint density at radius 2 is 2.24 bits per heavy atom. The first kappa shape index (κ1) is 9.89. The van der Waals surface area contributed by atoms with Gasteiger partial charge >= 0.3 is 0 Å². The first-order valence-electron chi connectivity index (χ1n) is 5.49. The number of aromatic amines is 1. The molecule has 0 aliphatic carbocycles. The van der Waals surface area contributed by atoms with Gasteiger partial charge in [-0.3, -0.25) is 9.67 Å². The first-order valence-corrected chi connectivity index (χ1v) is 5.49. The Bertz CT molecular complexity index is 641. The summed E-state index contributed by atoms with van der Waals surface area (Å²) >= 11 is 0. The standard InChI is InChI=1S/C12H12N4O/c1-2-17-12-7-11(14-15-12)16-8-13-9-5-3-4-6-10(9)16/h3-8H,2H2,1H3,(H,14,15). The fourth-order valence-corrected chi connectivity index (χ4v) is 1.79. The van der Waals surface area contributed by atoms with Crippen molar-refractivity contribution in [1.29, 1.82) is 0 Å². The summed E-state index contributed by atoms with van der Waals surface area (Å²) in [4.78, 5) is 4.32. The van der Waals surface area contributed by atoms with E-state index in [1.165, 1.54) is 0 Å². The summed E-state index contributed by atoms with van der Waals surface area (Å²) in [6.45, 7) is 2.54. The molecule has 0 aliphatic rings. The summed E-state index contributed by atoms with van der Waals surface area (Å²) in [7, 11) is 0. The van der Waals surface area contributed by atoms with Crippen LogP contribution in [-0.2, 0) is 0 Å². The normalized spacial score (nSPS) is 10.9. The molecule has 0 spiro atoms. The second-order valence-electron chi connectivity index (χ2n) is 3.63. The third-order valence-corrected chi connectivity index (χ3v) is 2.55. The van der Waals surface area contributed by atoms with E-state index in [1.807, 2.05) is 41.8 Å². The molecular weight excluding hydrogens is 216 g/mol. The van der Waals surface area contributed by atoms with Gasteiger partial charge in [-0.15, -0.1) is 5.10 Å². The Kier molecular flexibility index (Phi) is 2.29. The van der Waals surface area contributed by atoms with E-state index in [2.05, 4.69) is 15.2 Å². The van der Waals surface area contributed by atoms with Crippen LogP contribution in [0.4, 0.5) is 0 Å².